The minimum Gasteiger partial charge on any atom is -0.464 e. The minimum absolute atomic E-state index is 0.574. The molecule has 3 heteroatoms. The van der Waals surface area contributed by atoms with Crippen molar-refractivity contribution in [2.45, 2.75) is 5.41 Å². The Morgan fingerprint density at radius 3 is 2.07 bits per heavy atom. The van der Waals surface area contributed by atoms with Gasteiger partial charge in [0.15, 0.2) is 0 Å². The van der Waals surface area contributed by atoms with E-state index in [2.05, 4.69) is 175 Å². The molecule has 254 valence electrons. The van der Waals surface area contributed by atoms with Crippen molar-refractivity contribution in [2.24, 2.45) is 0 Å². The van der Waals surface area contributed by atoms with Crippen LogP contribution >= 0.6 is 0 Å². The van der Waals surface area contributed by atoms with Crippen LogP contribution in [-0.4, -0.2) is 0 Å². The Bertz CT molecular complexity index is 2890. The fraction of sp³-hybridized carbons (Fsp3) is 0.0196. The molecule has 0 saturated heterocycles. The lowest BCUT2D eigenvalue weighted by molar-refractivity contribution is 0.479. The Kier molecular flexibility index (Phi) is 6.62. The molecule has 0 radical (unpaired) electrons. The van der Waals surface area contributed by atoms with Gasteiger partial charge < -0.3 is 14.1 Å². The van der Waals surface area contributed by atoms with Gasteiger partial charge in [-0.3, -0.25) is 0 Å². The van der Waals surface area contributed by atoms with Crippen molar-refractivity contribution in [1.29, 1.82) is 0 Å². The summed E-state index contributed by atoms with van der Waals surface area (Å²) in [6, 6.07) is 58.8. The number of fused-ring (bicyclic) bond motifs is 13. The topological polar surface area (TPSA) is 25.6 Å². The van der Waals surface area contributed by atoms with Crippen molar-refractivity contribution in [2.75, 3.05) is 4.90 Å². The number of allylic oxidation sites excluding steroid dienone is 4. The molecular weight excluding hydrogens is 659 g/mol. The van der Waals surface area contributed by atoms with Crippen LogP contribution in [0.3, 0.4) is 0 Å². The van der Waals surface area contributed by atoms with Gasteiger partial charge in [0.25, 0.3) is 0 Å². The molecule has 1 aromatic heterocycles. The Morgan fingerprint density at radius 1 is 0.500 bits per heavy atom. The number of rotatable bonds is 4. The summed E-state index contributed by atoms with van der Waals surface area (Å²) in [5, 5.41) is 1.16. The standard InChI is InChI=1S/C51H33NO2/c1-33-14-11-12-29-53-48-32-38(26-28-39(33)48)52(36-16-3-2-4-17-36)37-18-13-15-34(30-37)35-25-27-41-40-19-5-8-22-44(40)51(46(41)31-35)45-23-9-6-20-42(45)49-43-21-7-10-24-47(43)54-50(49)51/h2-32H,1H2/b14-11-,29-12-. The summed E-state index contributed by atoms with van der Waals surface area (Å²) in [5.74, 6) is 1.77. The summed E-state index contributed by atoms with van der Waals surface area (Å²) in [7, 11) is 0. The van der Waals surface area contributed by atoms with Crippen molar-refractivity contribution in [1.82, 2.24) is 0 Å². The molecule has 0 saturated carbocycles. The molecule has 1 aliphatic heterocycles. The Labute approximate surface area is 314 Å². The lowest BCUT2D eigenvalue weighted by Crippen LogP contribution is -2.25. The van der Waals surface area contributed by atoms with E-state index >= 15 is 0 Å². The zero-order chi connectivity index (χ0) is 35.8. The summed E-state index contributed by atoms with van der Waals surface area (Å²) < 4.78 is 13.1. The van der Waals surface area contributed by atoms with Gasteiger partial charge in [-0.05, 0) is 105 Å². The molecule has 8 aromatic rings. The van der Waals surface area contributed by atoms with Gasteiger partial charge in [-0.1, -0.05) is 128 Å². The van der Waals surface area contributed by atoms with Gasteiger partial charge in [0, 0.05) is 39.6 Å². The van der Waals surface area contributed by atoms with Crippen molar-refractivity contribution in [3.05, 3.63) is 223 Å². The Morgan fingerprint density at radius 2 is 1.19 bits per heavy atom. The van der Waals surface area contributed by atoms with Gasteiger partial charge >= 0.3 is 0 Å². The smallest absolute Gasteiger partial charge is 0.136 e. The van der Waals surface area contributed by atoms with E-state index < -0.39 is 5.41 Å². The molecule has 1 spiro atoms. The molecule has 0 amide bonds. The maximum atomic E-state index is 6.97. The van der Waals surface area contributed by atoms with E-state index in [1.54, 1.807) is 6.26 Å². The van der Waals surface area contributed by atoms with Crippen LogP contribution < -0.4 is 9.64 Å². The first kappa shape index (κ1) is 30.5. The van der Waals surface area contributed by atoms with E-state index in [4.69, 9.17) is 9.15 Å². The first-order valence-corrected chi connectivity index (χ1v) is 18.4. The van der Waals surface area contributed by atoms with Crippen LogP contribution in [0.25, 0.3) is 49.9 Å². The van der Waals surface area contributed by atoms with E-state index in [1.165, 1.54) is 38.9 Å². The fourth-order valence-corrected chi connectivity index (χ4v) is 9.00. The van der Waals surface area contributed by atoms with E-state index in [0.29, 0.717) is 0 Å². The number of ether oxygens (including phenoxy) is 1. The highest BCUT2D eigenvalue weighted by molar-refractivity contribution is 6.04. The third-order valence-electron chi connectivity index (χ3n) is 11.3. The third kappa shape index (κ3) is 4.30. The monoisotopic (exact) mass is 691 g/mol. The molecule has 2 heterocycles. The number of hydrogen-bond donors (Lipinski definition) is 0. The number of para-hydroxylation sites is 2. The van der Waals surface area contributed by atoms with Crippen molar-refractivity contribution in [3.63, 3.8) is 0 Å². The summed E-state index contributed by atoms with van der Waals surface area (Å²) >= 11 is 0. The second-order valence-electron chi connectivity index (χ2n) is 14.1. The van der Waals surface area contributed by atoms with Crippen LogP contribution in [0, 0.1) is 0 Å². The first-order chi connectivity index (χ1) is 26.7. The van der Waals surface area contributed by atoms with Crippen LogP contribution in [0.15, 0.2) is 199 Å². The molecule has 2 aliphatic carbocycles. The number of anilines is 3. The molecule has 1 unspecified atom stereocenters. The normalized spacial score (nSPS) is 17.1. The summed E-state index contributed by atoms with van der Waals surface area (Å²) in [5.41, 5.74) is 16.3. The molecule has 0 fully saturated rings. The predicted molar refractivity (Wildman–Crippen MR) is 221 cm³/mol. The summed E-state index contributed by atoms with van der Waals surface area (Å²) in [6.45, 7) is 4.27. The largest absolute Gasteiger partial charge is 0.464 e. The zero-order valence-corrected chi connectivity index (χ0v) is 29.4. The second kappa shape index (κ2) is 11.7. The Hall–Kier alpha value is -7.10. The lowest BCUT2D eigenvalue weighted by atomic mass is 9.73. The molecule has 3 aliphatic rings. The highest BCUT2D eigenvalue weighted by atomic mass is 16.5. The van der Waals surface area contributed by atoms with Gasteiger partial charge in [-0.15, -0.1) is 0 Å². The molecule has 3 nitrogen and oxygen atoms in total. The van der Waals surface area contributed by atoms with Crippen LogP contribution in [0.4, 0.5) is 17.1 Å². The van der Waals surface area contributed by atoms with Gasteiger partial charge in [-0.25, -0.2) is 0 Å². The molecule has 11 rings (SSSR count). The van der Waals surface area contributed by atoms with Crippen LogP contribution in [0.2, 0.25) is 0 Å². The number of hydrogen-bond acceptors (Lipinski definition) is 3. The average Bonchev–Trinajstić information content (AvgIpc) is 3.84. The summed E-state index contributed by atoms with van der Waals surface area (Å²) in [6.07, 6.45) is 7.56. The molecule has 0 bridgehead atoms. The van der Waals surface area contributed by atoms with E-state index in [9.17, 15) is 0 Å². The molecule has 0 N–H and O–H groups in total. The SMILES string of the molecule is C=C1/C=C\C=C/Oc2cc(N(c3ccccc3)c3cccc(-c4ccc5c(c4)C4(c6ccccc6-5)c5ccccc5-c5c4oc4ccccc54)c3)ccc21. The third-order valence-corrected chi connectivity index (χ3v) is 11.3. The minimum atomic E-state index is -0.574. The highest BCUT2D eigenvalue weighted by Crippen LogP contribution is 2.64. The zero-order valence-electron chi connectivity index (χ0n) is 29.4. The molecule has 1 atom stereocenters. The van der Waals surface area contributed by atoms with E-state index in [0.717, 1.165) is 61.8 Å². The molecule has 7 aromatic carbocycles. The van der Waals surface area contributed by atoms with Gasteiger partial charge in [-0.2, -0.15) is 0 Å². The van der Waals surface area contributed by atoms with Gasteiger partial charge in [0.05, 0.1) is 6.26 Å². The summed E-state index contributed by atoms with van der Waals surface area (Å²) in [4.78, 5) is 2.28. The number of furan rings is 1. The van der Waals surface area contributed by atoms with Crippen molar-refractivity contribution < 1.29 is 9.15 Å². The van der Waals surface area contributed by atoms with Crippen molar-refractivity contribution in [3.8, 4) is 39.1 Å². The quantitative estimate of drug-likeness (QED) is 0.184. The Balaban J connectivity index is 1.10. The molecular formula is C51H33NO2. The van der Waals surface area contributed by atoms with E-state index in [-0.39, 0.29) is 0 Å². The maximum Gasteiger partial charge on any atom is 0.136 e. The fourth-order valence-electron chi connectivity index (χ4n) is 9.00. The van der Waals surface area contributed by atoms with Crippen LogP contribution in [0.1, 0.15) is 28.0 Å². The van der Waals surface area contributed by atoms with Gasteiger partial charge in [0.2, 0.25) is 0 Å². The number of benzene rings is 7. The van der Waals surface area contributed by atoms with Crippen LogP contribution in [0.5, 0.6) is 5.75 Å². The second-order valence-corrected chi connectivity index (χ2v) is 14.1. The highest BCUT2D eigenvalue weighted by Gasteiger charge is 2.55. The van der Waals surface area contributed by atoms with Gasteiger partial charge in [0.1, 0.15) is 22.5 Å². The maximum absolute atomic E-state index is 6.97. The first-order valence-electron chi connectivity index (χ1n) is 18.4. The van der Waals surface area contributed by atoms with Crippen molar-refractivity contribution >= 4 is 33.6 Å². The average molecular weight is 692 g/mol. The van der Waals surface area contributed by atoms with E-state index in [1.807, 2.05) is 18.2 Å². The number of nitrogens with zero attached hydrogens (tertiary/aromatic N) is 1. The lowest BCUT2D eigenvalue weighted by Gasteiger charge is -2.28. The molecule has 54 heavy (non-hydrogen) atoms. The predicted octanol–water partition coefficient (Wildman–Crippen LogP) is 13.4. The van der Waals surface area contributed by atoms with Crippen LogP contribution in [-0.2, 0) is 5.41 Å².